The Morgan fingerprint density at radius 2 is 0.923 bits per heavy atom. The zero-order chi connectivity index (χ0) is 19.1. The van der Waals surface area contributed by atoms with E-state index in [1.807, 2.05) is 0 Å². The highest BCUT2D eigenvalue weighted by Crippen LogP contribution is 2.58. The molecule has 152 valence electrons. The molecule has 0 aromatic heterocycles. The second kappa shape index (κ2) is 8.11. The third kappa shape index (κ3) is 3.75. The molecule has 0 radical (unpaired) electrons. The fraction of sp³-hybridized carbons (Fsp3) is 1.00. The van der Waals surface area contributed by atoms with Gasteiger partial charge in [-0.2, -0.15) is 0 Å². The lowest BCUT2D eigenvalue weighted by molar-refractivity contribution is -0.106. The largest absolute Gasteiger partial charge is 0.393 e. The van der Waals surface area contributed by atoms with Crippen LogP contribution in [0.1, 0.15) is 92.4 Å². The van der Waals surface area contributed by atoms with Crippen molar-refractivity contribution < 1.29 is 10.2 Å². The van der Waals surface area contributed by atoms with Gasteiger partial charge in [-0.25, -0.2) is 0 Å². The van der Waals surface area contributed by atoms with Gasteiger partial charge >= 0.3 is 0 Å². The van der Waals surface area contributed by atoms with E-state index in [-0.39, 0.29) is 12.2 Å². The predicted octanol–water partition coefficient (Wildman–Crippen LogP) is 5.66. The van der Waals surface area contributed by atoms with E-state index in [0.29, 0.717) is 29.1 Å². The normalized spacial score (nSPS) is 48.1. The van der Waals surface area contributed by atoms with Gasteiger partial charge in [0.1, 0.15) is 0 Å². The van der Waals surface area contributed by atoms with Crippen molar-refractivity contribution in [2.75, 3.05) is 0 Å². The van der Waals surface area contributed by atoms with Gasteiger partial charge in [-0.05, 0) is 85.4 Å². The summed E-state index contributed by atoms with van der Waals surface area (Å²) in [4.78, 5) is 0. The molecule has 3 saturated carbocycles. The second-order valence-corrected chi connectivity index (χ2v) is 10.9. The van der Waals surface area contributed by atoms with Gasteiger partial charge in [-0.3, -0.25) is 0 Å². The van der Waals surface area contributed by atoms with Crippen molar-refractivity contribution in [1.29, 1.82) is 0 Å². The first-order valence-corrected chi connectivity index (χ1v) is 11.6. The molecule has 3 aliphatic rings. The van der Waals surface area contributed by atoms with E-state index in [4.69, 9.17) is 0 Å². The van der Waals surface area contributed by atoms with Gasteiger partial charge in [0, 0.05) is 0 Å². The highest BCUT2D eigenvalue weighted by molar-refractivity contribution is 5.01. The van der Waals surface area contributed by atoms with E-state index < -0.39 is 0 Å². The van der Waals surface area contributed by atoms with Gasteiger partial charge in [0.15, 0.2) is 0 Å². The summed E-state index contributed by atoms with van der Waals surface area (Å²) in [7, 11) is 0. The van der Waals surface area contributed by atoms with Crippen molar-refractivity contribution in [3.63, 3.8) is 0 Å². The first-order valence-electron chi connectivity index (χ1n) is 11.6. The van der Waals surface area contributed by atoms with E-state index in [1.54, 1.807) is 0 Å². The molecule has 0 bridgehead atoms. The first kappa shape index (κ1) is 20.6. The van der Waals surface area contributed by atoms with Gasteiger partial charge in [0.2, 0.25) is 0 Å². The van der Waals surface area contributed by atoms with Crippen LogP contribution < -0.4 is 0 Å². The third-order valence-corrected chi connectivity index (χ3v) is 9.20. The molecule has 4 unspecified atom stereocenters. The fourth-order valence-corrected chi connectivity index (χ4v) is 7.41. The van der Waals surface area contributed by atoms with Crippen molar-refractivity contribution in [2.45, 2.75) is 105 Å². The Labute approximate surface area is 162 Å². The maximum Gasteiger partial charge on any atom is 0.0591 e. The Kier molecular flexibility index (Phi) is 6.44. The molecule has 2 N–H and O–H groups in total. The Balaban J connectivity index is 1.89. The molecule has 26 heavy (non-hydrogen) atoms. The van der Waals surface area contributed by atoms with Crippen molar-refractivity contribution >= 4 is 0 Å². The van der Waals surface area contributed by atoms with E-state index in [0.717, 1.165) is 17.8 Å². The lowest BCUT2D eigenvalue weighted by atomic mass is 9.49. The van der Waals surface area contributed by atoms with Crippen molar-refractivity contribution in [3.8, 4) is 0 Å². The van der Waals surface area contributed by atoms with E-state index in [2.05, 4.69) is 34.6 Å². The minimum absolute atomic E-state index is 0.118. The average molecular weight is 365 g/mol. The molecule has 3 aliphatic carbocycles. The number of aliphatic hydroxyl groups is 2. The van der Waals surface area contributed by atoms with Crippen molar-refractivity contribution in [2.24, 2.45) is 46.8 Å². The van der Waals surface area contributed by atoms with E-state index in [1.165, 1.54) is 57.8 Å². The summed E-state index contributed by atoms with van der Waals surface area (Å²) in [6.45, 7) is 11.7. The average Bonchev–Trinajstić information content (AvgIpc) is 2.63. The van der Waals surface area contributed by atoms with Gasteiger partial charge in [-0.15, -0.1) is 0 Å². The second-order valence-electron chi connectivity index (χ2n) is 10.9. The molecule has 0 heterocycles. The number of hydrogen-bond acceptors (Lipinski definition) is 2. The number of rotatable bonds is 3. The maximum atomic E-state index is 10.5. The zero-order valence-electron chi connectivity index (χ0n) is 18.0. The number of aliphatic hydroxyl groups excluding tert-OH is 2. The van der Waals surface area contributed by atoms with Crippen LogP contribution in [-0.2, 0) is 0 Å². The molecular weight excluding hydrogens is 320 g/mol. The monoisotopic (exact) mass is 364 g/mol. The van der Waals surface area contributed by atoms with Crippen LogP contribution in [0.15, 0.2) is 0 Å². The molecule has 0 amide bonds. The molecule has 2 heteroatoms. The summed E-state index contributed by atoms with van der Waals surface area (Å²) in [5, 5.41) is 21.1. The van der Waals surface area contributed by atoms with Crippen LogP contribution in [0.2, 0.25) is 0 Å². The molecule has 4 atom stereocenters. The molecular formula is C24H44O2. The predicted molar refractivity (Wildman–Crippen MR) is 109 cm³/mol. The zero-order valence-corrected chi connectivity index (χ0v) is 18.0. The summed E-state index contributed by atoms with van der Waals surface area (Å²) in [5.74, 6) is 4.02. The Morgan fingerprint density at radius 3 is 1.27 bits per heavy atom. The summed E-state index contributed by atoms with van der Waals surface area (Å²) in [6.07, 6.45) is 11.6. The molecule has 0 spiro atoms. The highest BCUT2D eigenvalue weighted by atomic mass is 16.3. The highest BCUT2D eigenvalue weighted by Gasteiger charge is 2.52. The summed E-state index contributed by atoms with van der Waals surface area (Å²) < 4.78 is 0. The molecule has 3 rings (SSSR count). The third-order valence-electron chi connectivity index (χ3n) is 9.20. The molecule has 2 nitrogen and oxygen atoms in total. The standard InChI is InChI=1S/C24H44O2/c1-15-11-20(12-16(2)22(15)25)24(5,19-9-7-6-8-10-19)21-13-17(3)23(26)18(4)14-21/h15-23,25-26H,6-14H2,1-5H3. The Morgan fingerprint density at radius 1 is 0.577 bits per heavy atom. The van der Waals surface area contributed by atoms with E-state index in [9.17, 15) is 10.2 Å². The van der Waals surface area contributed by atoms with Gasteiger partial charge in [0.25, 0.3) is 0 Å². The SMILES string of the molecule is CC1CC(C(C)(C2CCCCC2)C2CC(C)C(O)C(C)C2)CC(C)C1O. The van der Waals surface area contributed by atoms with Crippen LogP contribution in [0.4, 0.5) is 0 Å². The molecule has 3 fully saturated rings. The van der Waals surface area contributed by atoms with Crippen LogP contribution in [0, 0.1) is 46.8 Å². The van der Waals surface area contributed by atoms with Gasteiger partial charge in [0.05, 0.1) is 12.2 Å². The summed E-state index contributed by atoms with van der Waals surface area (Å²) in [6, 6.07) is 0. The Bertz CT molecular complexity index is 401. The molecule has 0 aliphatic heterocycles. The fourth-order valence-electron chi connectivity index (χ4n) is 7.41. The lowest BCUT2D eigenvalue weighted by Gasteiger charge is -2.56. The van der Waals surface area contributed by atoms with Crippen LogP contribution in [0.5, 0.6) is 0 Å². The van der Waals surface area contributed by atoms with Crippen LogP contribution in [0.3, 0.4) is 0 Å². The van der Waals surface area contributed by atoms with Crippen molar-refractivity contribution in [3.05, 3.63) is 0 Å². The molecule has 0 aromatic rings. The van der Waals surface area contributed by atoms with Crippen LogP contribution in [-0.4, -0.2) is 22.4 Å². The first-order chi connectivity index (χ1) is 12.2. The van der Waals surface area contributed by atoms with Crippen molar-refractivity contribution in [1.82, 2.24) is 0 Å². The van der Waals surface area contributed by atoms with Gasteiger partial charge in [-0.1, -0.05) is 53.9 Å². The minimum Gasteiger partial charge on any atom is -0.393 e. The molecule has 0 saturated heterocycles. The maximum absolute atomic E-state index is 10.5. The smallest absolute Gasteiger partial charge is 0.0591 e. The van der Waals surface area contributed by atoms with E-state index >= 15 is 0 Å². The lowest BCUT2D eigenvalue weighted by Crippen LogP contribution is -2.51. The quantitative estimate of drug-likeness (QED) is 0.678. The van der Waals surface area contributed by atoms with Gasteiger partial charge < -0.3 is 10.2 Å². The Hall–Kier alpha value is -0.0800. The molecule has 0 aromatic carbocycles. The number of hydrogen-bond donors (Lipinski definition) is 2. The minimum atomic E-state index is -0.118. The summed E-state index contributed by atoms with van der Waals surface area (Å²) >= 11 is 0. The van der Waals surface area contributed by atoms with Crippen LogP contribution in [0.25, 0.3) is 0 Å². The summed E-state index contributed by atoms with van der Waals surface area (Å²) in [5.41, 5.74) is 0.381. The topological polar surface area (TPSA) is 40.5 Å². The van der Waals surface area contributed by atoms with Crippen LogP contribution >= 0.6 is 0 Å².